The molecule has 1 atom stereocenters. The van der Waals surface area contributed by atoms with E-state index in [9.17, 15) is 9.18 Å². The van der Waals surface area contributed by atoms with Gasteiger partial charge < -0.3 is 11.1 Å². The molecule has 0 aliphatic rings. The van der Waals surface area contributed by atoms with Crippen LogP contribution in [0.2, 0.25) is 0 Å². The molecule has 88 valence electrons. The Morgan fingerprint density at radius 2 is 1.94 bits per heavy atom. The van der Waals surface area contributed by atoms with E-state index in [-0.39, 0.29) is 17.7 Å². The highest BCUT2D eigenvalue weighted by atomic mass is 19.1. The van der Waals surface area contributed by atoms with Gasteiger partial charge in [0.05, 0.1) is 0 Å². The maximum absolute atomic E-state index is 13.0. The first-order valence-corrected chi connectivity index (χ1v) is 5.27. The van der Waals surface area contributed by atoms with E-state index in [1.807, 2.05) is 20.8 Å². The first-order valence-electron chi connectivity index (χ1n) is 5.27. The maximum Gasteiger partial charge on any atom is 0.227 e. The van der Waals surface area contributed by atoms with Crippen LogP contribution in [0.25, 0.3) is 0 Å². The first-order chi connectivity index (χ1) is 7.40. The van der Waals surface area contributed by atoms with Crippen LogP contribution in [-0.2, 0) is 4.79 Å². The summed E-state index contributed by atoms with van der Waals surface area (Å²) in [6, 6.07) is 4.00. The number of nitrogens with one attached hydrogen (secondary N) is 1. The van der Waals surface area contributed by atoms with E-state index in [4.69, 9.17) is 5.73 Å². The number of halogens is 1. The van der Waals surface area contributed by atoms with Gasteiger partial charge in [0, 0.05) is 17.3 Å². The van der Waals surface area contributed by atoms with Crippen LogP contribution in [0.4, 0.5) is 15.8 Å². The average Bonchev–Trinajstić information content (AvgIpc) is 2.14. The van der Waals surface area contributed by atoms with E-state index < -0.39 is 5.82 Å². The van der Waals surface area contributed by atoms with Gasteiger partial charge in [-0.1, -0.05) is 20.8 Å². The molecular weight excluding hydrogens is 207 g/mol. The Bertz CT molecular complexity index is 370. The quantitative estimate of drug-likeness (QED) is 0.775. The van der Waals surface area contributed by atoms with Crippen molar-refractivity contribution in [3.8, 4) is 0 Å². The highest BCUT2D eigenvalue weighted by molar-refractivity contribution is 5.92. The molecule has 0 saturated carbocycles. The van der Waals surface area contributed by atoms with Crippen LogP contribution in [0.1, 0.15) is 20.8 Å². The highest BCUT2D eigenvalue weighted by Gasteiger charge is 2.16. The number of carbonyl (C=O) groups excluding carboxylic acids is 1. The van der Waals surface area contributed by atoms with Crippen molar-refractivity contribution in [3.05, 3.63) is 24.0 Å². The zero-order valence-electron chi connectivity index (χ0n) is 9.75. The Kier molecular flexibility index (Phi) is 3.88. The van der Waals surface area contributed by atoms with Crippen LogP contribution in [0.3, 0.4) is 0 Å². The van der Waals surface area contributed by atoms with E-state index in [0.29, 0.717) is 11.4 Å². The van der Waals surface area contributed by atoms with Gasteiger partial charge in [-0.05, 0) is 24.1 Å². The van der Waals surface area contributed by atoms with Crippen molar-refractivity contribution in [2.45, 2.75) is 20.8 Å². The first kappa shape index (κ1) is 12.5. The lowest BCUT2D eigenvalue weighted by Gasteiger charge is -2.15. The topological polar surface area (TPSA) is 55.1 Å². The standard InChI is InChI=1S/C12H17FN2O/c1-7(2)8(3)12(16)15-11-5-9(13)4-10(14)6-11/h4-8H,14H2,1-3H3,(H,15,16). The van der Waals surface area contributed by atoms with Gasteiger partial charge in [-0.25, -0.2) is 4.39 Å². The second-order valence-corrected chi connectivity index (χ2v) is 4.30. The number of rotatable bonds is 3. The Morgan fingerprint density at radius 1 is 1.31 bits per heavy atom. The third-order valence-corrected chi connectivity index (χ3v) is 2.60. The normalized spacial score (nSPS) is 12.6. The number of benzene rings is 1. The number of anilines is 2. The van der Waals surface area contributed by atoms with Crippen molar-refractivity contribution in [2.24, 2.45) is 11.8 Å². The molecule has 1 unspecified atom stereocenters. The number of nitrogen functional groups attached to an aromatic ring is 1. The van der Waals surface area contributed by atoms with Crippen LogP contribution >= 0.6 is 0 Å². The Morgan fingerprint density at radius 3 is 2.44 bits per heavy atom. The van der Waals surface area contributed by atoms with Crippen molar-refractivity contribution in [3.63, 3.8) is 0 Å². The summed E-state index contributed by atoms with van der Waals surface area (Å²) < 4.78 is 13.0. The lowest BCUT2D eigenvalue weighted by molar-refractivity contribution is -0.120. The second kappa shape index (κ2) is 4.96. The zero-order chi connectivity index (χ0) is 12.3. The highest BCUT2D eigenvalue weighted by Crippen LogP contribution is 2.18. The molecule has 3 N–H and O–H groups in total. The predicted octanol–water partition coefficient (Wildman–Crippen LogP) is 2.64. The Hall–Kier alpha value is -1.58. The van der Waals surface area contributed by atoms with Gasteiger partial charge in [0.1, 0.15) is 5.82 Å². The molecule has 0 radical (unpaired) electrons. The maximum atomic E-state index is 13.0. The Balaban J connectivity index is 2.77. The molecule has 0 bridgehead atoms. The van der Waals surface area contributed by atoms with Crippen LogP contribution in [-0.4, -0.2) is 5.91 Å². The fourth-order valence-electron chi connectivity index (χ4n) is 1.24. The number of nitrogens with two attached hydrogens (primary N) is 1. The van der Waals surface area contributed by atoms with Crippen molar-refractivity contribution in [1.82, 2.24) is 0 Å². The molecular formula is C12H17FN2O. The summed E-state index contributed by atoms with van der Waals surface area (Å²) in [5, 5.41) is 2.65. The number of hydrogen-bond donors (Lipinski definition) is 2. The van der Waals surface area contributed by atoms with Crippen molar-refractivity contribution in [1.29, 1.82) is 0 Å². The third-order valence-electron chi connectivity index (χ3n) is 2.60. The van der Waals surface area contributed by atoms with Gasteiger partial charge in [-0.3, -0.25) is 4.79 Å². The average molecular weight is 224 g/mol. The second-order valence-electron chi connectivity index (χ2n) is 4.30. The number of amides is 1. The van der Waals surface area contributed by atoms with E-state index in [1.165, 1.54) is 18.2 Å². The van der Waals surface area contributed by atoms with Crippen molar-refractivity contribution < 1.29 is 9.18 Å². The minimum Gasteiger partial charge on any atom is -0.399 e. The summed E-state index contributed by atoms with van der Waals surface area (Å²) in [7, 11) is 0. The monoisotopic (exact) mass is 224 g/mol. The molecule has 1 rings (SSSR count). The summed E-state index contributed by atoms with van der Waals surface area (Å²) in [5.74, 6) is -0.456. The van der Waals surface area contributed by atoms with Crippen LogP contribution in [0.15, 0.2) is 18.2 Å². The molecule has 4 heteroatoms. The van der Waals surface area contributed by atoms with Gasteiger partial charge in [0.2, 0.25) is 5.91 Å². The number of hydrogen-bond acceptors (Lipinski definition) is 2. The van der Waals surface area contributed by atoms with Crippen LogP contribution in [0, 0.1) is 17.7 Å². The third kappa shape index (κ3) is 3.22. The smallest absolute Gasteiger partial charge is 0.227 e. The molecule has 3 nitrogen and oxygen atoms in total. The molecule has 1 amide bonds. The van der Waals surface area contributed by atoms with Crippen molar-refractivity contribution in [2.75, 3.05) is 11.1 Å². The molecule has 0 spiro atoms. The van der Waals surface area contributed by atoms with E-state index in [2.05, 4.69) is 5.32 Å². The SMILES string of the molecule is CC(C)C(C)C(=O)Nc1cc(N)cc(F)c1. The van der Waals surface area contributed by atoms with Gasteiger partial charge in [0.15, 0.2) is 0 Å². The predicted molar refractivity (Wildman–Crippen MR) is 63.4 cm³/mol. The molecule has 0 heterocycles. The molecule has 0 fully saturated rings. The fourth-order valence-corrected chi connectivity index (χ4v) is 1.24. The zero-order valence-corrected chi connectivity index (χ0v) is 9.75. The summed E-state index contributed by atoms with van der Waals surface area (Å²) in [4.78, 5) is 11.7. The van der Waals surface area contributed by atoms with Gasteiger partial charge in [-0.15, -0.1) is 0 Å². The van der Waals surface area contributed by atoms with E-state index in [0.717, 1.165) is 0 Å². The summed E-state index contributed by atoms with van der Waals surface area (Å²) in [6.07, 6.45) is 0. The molecule has 16 heavy (non-hydrogen) atoms. The molecule has 0 aliphatic heterocycles. The number of carbonyl (C=O) groups is 1. The van der Waals surface area contributed by atoms with Gasteiger partial charge in [0.25, 0.3) is 0 Å². The lowest BCUT2D eigenvalue weighted by atomic mass is 9.97. The largest absolute Gasteiger partial charge is 0.399 e. The Labute approximate surface area is 94.8 Å². The summed E-state index contributed by atoms with van der Waals surface area (Å²) >= 11 is 0. The lowest BCUT2D eigenvalue weighted by Crippen LogP contribution is -2.24. The fraction of sp³-hybridized carbons (Fsp3) is 0.417. The summed E-state index contributed by atoms with van der Waals surface area (Å²) in [5.41, 5.74) is 6.18. The van der Waals surface area contributed by atoms with Gasteiger partial charge >= 0.3 is 0 Å². The minimum absolute atomic E-state index is 0.121. The summed E-state index contributed by atoms with van der Waals surface area (Å²) in [6.45, 7) is 5.76. The molecule has 0 aromatic heterocycles. The minimum atomic E-state index is -0.451. The van der Waals surface area contributed by atoms with Gasteiger partial charge in [-0.2, -0.15) is 0 Å². The molecule has 1 aromatic rings. The molecule has 1 aromatic carbocycles. The van der Waals surface area contributed by atoms with Crippen molar-refractivity contribution >= 4 is 17.3 Å². The van der Waals surface area contributed by atoms with Crippen LogP contribution < -0.4 is 11.1 Å². The van der Waals surface area contributed by atoms with Crippen LogP contribution in [0.5, 0.6) is 0 Å². The van der Waals surface area contributed by atoms with E-state index in [1.54, 1.807) is 0 Å². The molecule has 0 aliphatic carbocycles. The molecule has 0 saturated heterocycles. The van der Waals surface area contributed by atoms with E-state index >= 15 is 0 Å².